The van der Waals surface area contributed by atoms with E-state index in [0.29, 0.717) is 28.7 Å². The van der Waals surface area contributed by atoms with Crippen molar-refractivity contribution in [3.8, 4) is 33.4 Å². The number of aromatic carboxylic acids is 4. The molecule has 0 aromatic heterocycles. The van der Waals surface area contributed by atoms with E-state index >= 15 is 0 Å². The molecule has 0 saturated heterocycles. The Bertz CT molecular complexity index is 1540. The molecule has 0 aliphatic heterocycles. The van der Waals surface area contributed by atoms with Gasteiger partial charge in [-0.05, 0) is 63.1 Å². The highest BCUT2D eigenvalue weighted by Gasteiger charge is 2.25. The zero-order valence-electron chi connectivity index (χ0n) is 19.1. The predicted octanol–water partition coefficient (Wildman–Crippen LogP) is 5.38. The Labute approximate surface area is 209 Å². The topological polar surface area (TPSA) is 149 Å². The summed E-state index contributed by atoms with van der Waals surface area (Å²) in [5.41, 5.74) is 4.21. The van der Waals surface area contributed by atoms with Crippen LogP contribution in [0.3, 0.4) is 0 Å². The Hall–Kier alpha value is -5.24. The van der Waals surface area contributed by atoms with Gasteiger partial charge in [-0.2, -0.15) is 0 Å². The maximum atomic E-state index is 11.9. The number of carboxylic acid groups (broad SMARTS) is 4. The molecular formula is C29H18O8. The molecular weight excluding hydrogens is 476 g/mol. The molecule has 4 N–H and O–H groups in total. The van der Waals surface area contributed by atoms with Gasteiger partial charge in [-0.1, -0.05) is 60.7 Å². The highest BCUT2D eigenvalue weighted by Crippen LogP contribution is 2.41. The van der Waals surface area contributed by atoms with Gasteiger partial charge < -0.3 is 20.4 Å². The fourth-order valence-corrected chi connectivity index (χ4v) is 4.95. The molecule has 0 atom stereocenters. The van der Waals surface area contributed by atoms with Crippen molar-refractivity contribution in [3.05, 3.63) is 106 Å². The summed E-state index contributed by atoms with van der Waals surface area (Å²) >= 11 is 0. The van der Waals surface area contributed by atoms with Gasteiger partial charge in [0.15, 0.2) is 0 Å². The largest absolute Gasteiger partial charge is 0.478 e. The second-order valence-corrected chi connectivity index (χ2v) is 8.60. The SMILES string of the molecule is O=C(O)c1cccc(-c2ccc3c(c2)Cc2cc(-c4cccc(C(=O)O)c4C(=O)O)ccc2-3)c1C(=O)O. The summed E-state index contributed by atoms with van der Waals surface area (Å²) in [5, 5.41) is 38.3. The van der Waals surface area contributed by atoms with E-state index in [9.17, 15) is 39.6 Å². The van der Waals surface area contributed by atoms with Gasteiger partial charge in [0.05, 0.1) is 22.3 Å². The molecule has 0 bridgehead atoms. The zero-order valence-corrected chi connectivity index (χ0v) is 19.1. The fraction of sp³-hybridized carbons (Fsp3) is 0.0345. The zero-order chi connectivity index (χ0) is 26.4. The highest BCUT2D eigenvalue weighted by atomic mass is 16.4. The molecule has 0 fully saturated rings. The number of benzene rings is 4. The van der Waals surface area contributed by atoms with Crippen LogP contribution < -0.4 is 0 Å². The lowest BCUT2D eigenvalue weighted by molar-refractivity contribution is 0.0652. The van der Waals surface area contributed by atoms with Crippen molar-refractivity contribution in [2.45, 2.75) is 6.42 Å². The molecule has 0 saturated carbocycles. The van der Waals surface area contributed by atoms with Crippen LogP contribution in [-0.4, -0.2) is 44.3 Å². The molecule has 37 heavy (non-hydrogen) atoms. The van der Waals surface area contributed by atoms with Crippen LogP contribution >= 0.6 is 0 Å². The van der Waals surface area contributed by atoms with E-state index in [4.69, 9.17) is 0 Å². The van der Waals surface area contributed by atoms with Gasteiger partial charge in [0.25, 0.3) is 0 Å². The Kier molecular flexibility index (Phi) is 5.56. The lowest BCUT2D eigenvalue weighted by atomic mass is 9.92. The van der Waals surface area contributed by atoms with Crippen LogP contribution in [-0.2, 0) is 6.42 Å². The second kappa shape index (κ2) is 8.76. The van der Waals surface area contributed by atoms with Crippen molar-refractivity contribution in [1.29, 1.82) is 0 Å². The standard InChI is InChI=1S/C29H18O8/c30-26(31)22-5-1-3-20(24(22)28(34)35)14-7-9-18-16(11-14)13-17-12-15(8-10-19(17)18)21-4-2-6-23(27(32)33)25(21)29(36)37/h1-12H,13H2,(H,30,31)(H,32,33)(H,34,35)(H,36,37). The van der Waals surface area contributed by atoms with Crippen LogP contribution in [0.4, 0.5) is 0 Å². The molecule has 5 rings (SSSR count). The molecule has 4 aromatic rings. The van der Waals surface area contributed by atoms with Crippen LogP contribution in [0.15, 0.2) is 72.8 Å². The number of carboxylic acids is 4. The number of rotatable bonds is 6. The van der Waals surface area contributed by atoms with Gasteiger partial charge in [-0.15, -0.1) is 0 Å². The summed E-state index contributed by atoms with van der Waals surface area (Å²) < 4.78 is 0. The lowest BCUT2D eigenvalue weighted by Gasteiger charge is -2.11. The van der Waals surface area contributed by atoms with Gasteiger partial charge in [0, 0.05) is 0 Å². The van der Waals surface area contributed by atoms with Crippen LogP contribution in [0.2, 0.25) is 0 Å². The average Bonchev–Trinajstić information content (AvgIpc) is 3.24. The first kappa shape index (κ1) is 23.5. The Balaban J connectivity index is 1.58. The van der Waals surface area contributed by atoms with E-state index in [1.54, 1.807) is 24.3 Å². The number of carbonyl (C=O) groups is 4. The van der Waals surface area contributed by atoms with E-state index in [1.165, 1.54) is 24.3 Å². The minimum atomic E-state index is -1.33. The molecule has 8 heteroatoms. The van der Waals surface area contributed by atoms with Gasteiger partial charge in [-0.3, -0.25) is 0 Å². The molecule has 1 aliphatic carbocycles. The van der Waals surface area contributed by atoms with Gasteiger partial charge >= 0.3 is 23.9 Å². The van der Waals surface area contributed by atoms with Crippen LogP contribution in [0, 0.1) is 0 Å². The van der Waals surface area contributed by atoms with E-state index in [2.05, 4.69) is 0 Å². The van der Waals surface area contributed by atoms with E-state index < -0.39 is 23.9 Å². The summed E-state index contributed by atoms with van der Waals surface area (Å²) in [6, 6.07) is 19.5. The minimum Gasteiger partial charge on any atom is -0.478 e. The Morgan fingerprint density at radius 2 is 0.892 bits per heavy atom. The first-order chi connectivity index (χ1) is 17.7. The Morgan fingerprint density at radius 3 is 1.24 bits per heavy atom. The molecule has 0 radical (unpaired) electrons. The van der Waals surface area contributed by atoms with Crippen molar-refractivity contribution in [3.63, 3.8) is 0 Å². The van der Waals surface area contributed by atoms with E-state index in [1.807, 2.05) is 24.3 Å². The molecule has 0 unspecified atom stereocenters. The van der Waals surface area contributed by atoms with Gasteiger partial charge in [-0.25, -0.2) is 19.2 Å². The summed E-state index contributed by atoms with van der Waals surface area (Å²) in [6.45, 7) is 0. The maximum Gasteiger partial charge on any atom is 0.337 e. The molecule has 0 spiro atoms. The highest BCUT2D eigenvalue weighted by molar-refractivity contribution is 6.08. The van der Waals surface area contributed by atoms with Crippen LogP contribution in [0.5, 0.6) is 0 Å². The third kappa shape index (κ3) is 3.90. The van der Waals surface area contributed by atoms with Gasteiger partial charge in [0.1, 0.15) is 0 Å². The van der Waals surface area contributed by atoms with Crippen LogP contribution in [0.1, 0.15) is 52.6 Å². The first-order valence-corrected chi connectivity index (χ1v) is 11.1. The van der Waals surface area contributed by atoms with Crippen molar-refractivity contribution >= 4 is 23.9 Å². The molecule has 182 valence electrons. The summed E-state index contributed by atoms with van der Waals surface area (Å²) in [6.07, 6.45) is 0.481. The smallest absolute Gasteiger partial charge is 0.337 e. The number of hydrogen-bond acceptors (Lipinski definition) is 4. The van der Waals surface area contributed by atoms with E-state index in [0.717, 1.165) is 22.3 Å². The third-order valence-corrected chi connectivity index (χ3v) is 6.52. The van der Waals surface area contributed by atoms with Crippen molar-refractivity contribution in [2.75, 3.05) is 0 Å². The molecule has 0 heterocycles. The molecule has 0 amide bonds. The first-order valence-electron chi connectivity index (χ1n) is 11.1. The second-order valence-electron chi connectivity index (χ2n) is 8.60. The monoisotopic (exact) mass is 494 g/mol. The quantitative estimate of drug-likeness (QED) is 0.246. The molecule has 8 nitrogen and oxygen atoms in total. The lowest BCUT2D eigenvalue weighted by Crippen LogP contribution is -2.09. The summed E-state index contributed by atoms with van der Waals surface area (Å²) in [7, 11) is 0. The molecule has 1 aliphatic rings. The third-order valence-electron chi connectivity index (χ3n) is 6.52. The van der Waals surface area contributed by atoms with Crippen LogP contribution in [0.25, 0.3) is 33.4 Å². The summed E-state index contributed by atoms with van der Waals surface area (Å²) in [4.78, 5) is 47.0. The normalized spacial score (nSPS) is 11.5. The number of fused-ring (bicyclic) bond motifs is 3. The van der Waals surface area contributed by atoms with Crippen molar-refractivity contribution < 1.29 is 39.6 Å². The average molecular weight is 494 g/mol. The van der Waals surface area contributed by atoms with Crippen molar-refractivity contribution in [2.24, 2.45) is 0 Å². The van der Waals surface area contributed by atoms with E-state index in [-0.39, 0.29) is 22.3 Å². The Morgan fingerprint density at radius 1 is 0.486 bits per heavy atom. The minimum absolute atomic E-state index is 0.285. The fourth-order valence-electron chi connectivity index (χ4n) is 4.95. The van der Waals surface area contributed by atoms with Gasteiger partial charge in [0.2, 0.25) is 0 Å². The van der Waals surface area contributed by atoms with Crippen molar-refractivity contribution in [1.82, 2.24) is 0 Å². The maximum absolute atomic E-state index is 11.9. The number of hydrogen-bond donors (Lipinski definition) is 4. The summed E-state index contributed by atoms with van der Waals surface area (Å²) in [5.74, 6) is -5.32. The molecule has 4 aromatic carbocycles. The predicted molar refractivity (Wildman–Crippen MR) is 133 cm³/mol.